The molecule has 0 radical (unpaired) electrons. The highest BCUT2D eigenvalue weighted by Gasteiger charge is 2.33. The zero-order valence-electron chi connectivity index (χ0n) is 16.8. The van der Waals surface area contributed by atoms with Gasteiger partial charge < -0.3 is 15.2 Å². The molecule has 5 rings (SSSR count). The fraction of sp³-hybridized carbons (Fsp3) is 0.375. The molecule has 1 amide bonds. The van der Waals surface area contributed by atoms with Crippen molar-refractivity contribution in [2.24, 2.45) is 0 Å². The molecule has 1 atom stereocenters. The molecule has 2 aromatic rings. The minimum atomic E-state index is -0.379. The topological polar surface area (TPSA) is 61.8 Å². The predicted molar refractivity (Wildman–Crippen MR) is 113 cm³/mol. The Labute approximate surface area is 175 Å². The van der Waals surface area contributed by atoms with Gasteiger partial charge in [0, 0.05) is 35.0 Å². The van der Waals surface area contributed by atoms with Gasteiger partial charge >= 0.3 is 0 Å². The number of halogens is 1. The zero-order valence-corrected chi connectivity index (χ0v) is 16.8. The van der Waals surface area contributed by atoms with Crippen LogP contribution in [0.5, 0.6) is 0 Å². The average Bonchev–Trinajstić information content (AvgIpc) is 3.31. The maximum Gasteiger partial charge on any atom is 0.260 e. The summed E-state index contributed by atoms with van der Waals surface area (Å²) >= 11 is 0. The lowest BCUT2D eigenvalue weighted by Crippen LogP contribution is -2.42. The summed E-state index contributed by atoms with van der Waals surface area (Å²) < 4.78 is 19.7. The molecule has 156 valence electrons. The van der Waals surface area contributed by atoms with Crippen molar-refractivity contribution in [2.75, 3.05) is 25.0 Å². The lowest BCUT2D eigenvalue weighted by Gasteiger charge is -2.34. The SMILES string of the molecule is O=C1Nc2ccc(F)cc2/C1=C1\OCc2cc(CCN3CCCCC3CO)ccc21. The van der Waals surface area contributed by atoms with Crippen molar-refractivity contribution in [2.45, 2.75) is 38.3 Å². The smallest absolute Gasteiger partial charge is 0.260 e. The van der Waals surface area contributed by atoms with Gasteiger partial charge in [-0.1, -0.05) is 24.6 Å². The highest BCUT2D eigenvalue weighted by Crippen LogP contribution is 2.42. The number of carbonyl (C=O) groups excluding carboxylic acids is 1. The third-order valence-electron chi connectivity index (χ3n) is 6.39. The number of carbonyl (C=O) groups is 1. The largest absolute Gasteiger partial charge is 0.487 e. The number of aliphatic hydroxyl groups is 1. The number of nitrogens with zero attached hydrogens (tertiary/aromatic N) is 1. The number of anilines is 1. The second-order valence-electron chi connectivity index (χ2n) is 8.25. The van der Waals surface area contributed by atoms with Gasteiger partial charge in [0.25, 0.3) is 5.91 Å². The number of piperidine rings is 1. The van der Waals surface area contributed by atoms with Crippen molar-refractivity contribution >= 4 is 22.9 Å². The van der Waals surface area contributed by atoms with Gasteiger partial charge in [-0.25, -0.2) is 4.39 Å². The van der Waals surface area contributed by atoms with Crippen LogP contribution in [0.15, 0.2) is 36.4 Å². The van der Waals surface area contributed by atoms with Gasteiger partial charge in [-0.15, -0.1) is 0 Å². The maximum atomic E-state index is 13.8. The Morgan fingerprint density at radius 1 is 1.17 bits per heavy atom. The van der Waals surface area contributed by atoms with E-state index in [0.717, 1.165) is 37.1 Å². The Bertz CT molecular complexity index is 1030. The Morgan fingerprint density at radius 3 is 2.93 bits per heavy atom. The zero-order chi connectivity index (χ0) is 20.7. The number of aliphatic hydroxyl groups excluding tert-OH is 1. The summed E-state index contributed by atoms with van der Waals surface area (Å²) in [5.41, 5.74) is 4.71. The van der Waals surface area contributed by atoms with Gasteiger partial charge in [-0.05, 0) is 49.6 Å². The monoisotopic (exact) mass is 408 g/mol. The highest BCUT2D eigenvalue weighted by atomic mass is 19.1. The van der Waals surface area contributed by atoms with Crippen LogP contribution in [0.1, 0.15) is 41.5 Å². The second-order valence-corrected chi connectivity index (χ2v) is 8.25. The van der Waals surface area contributed by atoms with Gasteiger partial charge in [-0.3, -0.25) is 9.69 Å². The molecule has 0 spiro atoms. The van der Waals surface area contributed by atoms with Crippen LogP contribution in [0.3, 0.4) is 0 Å². The molecule has 0 bridgehead atoms. The van der Waals surface area contributed by atoms with Crippen molar-refractivity contribution in [1.29, 1.82) is 0 Å². The normalized spacial score (nSPS) is 23.1. The van der Waals surface area contributed by atoms with E-state index < -0.39 is 0 Å². The quantitative estimate of drug-likeness (QED) is 0.760. The molecule has 0 aliphatic carbocycles. The fourth-order valence-electron chi connectivity index (χ4n) is 4.78. The first-order chi connectivity index (χ1) is 14.6. The number of hydrogen-bond acceptors (Lipinski definition) is 4. The number of nitrogens with one attached hydrogen (secondary N) is 1. The van der Waals surface area contributed by atoms with Crippen LogP contribution in [-0.4, -0.2) is 41.7 Å². The number of likely N-dealkylation sites (tertiary alicyclic amines) is 1. The first kappa shape index (κ1) is 19.3. The van der Waals surface area contributed by atoms with E-state index in [2.05, 4.69) is 22.3 Å². The molecule has 1 saturated heterocycles. The van der Waals surface area contributed by atoms with Crippen LogP contribution >= 0.6 is 0 Å². The van der Waals surface area contributed by atoms with Crippen molar-refractivity contribution in [1.82, 2.24) is 4.90 Å². The van der Waals surface area contributed by atoms with Crippen LogP contribution < -0.4 is 5.32 Å². The molecule has 0 aromatic heterocycles. The first-order valence-electron chi connectivity index (χ1n) is 10.6. The molecular formula is C24H25FN2O3. The van der Waals surface area contributed by atoms with E-state index >= 15 is 0 Å². The van der Waals surface area contributed by atoms with E-state index in [1.165, 1.54) is 30.5 Å². The minimum Gasteiger partial charge on any atom is -0.487 e. The van der Waals surface area contributed by atoms with Gasteiger partial charge in [-0.2, -0.15) is 0 Å². The van der Waals surface area contributed by atoms with E-state index in [-0.39, 0.29) is 24.4 Å². The van der Waals surface area contributed by atoms with Crippen molar-refractivity contribution in [3.63, 3.8) is 0 Å². The molecule has 5 nitrogen and oxygen atoms in total. The molecule has 3 heterocycles. The number of hydrogen-bond donors (Lipinski definition) is 2. The molecule has 1 fully saturated rings. The third-order valence-corrected chi connectivity index (χ3v) is 6.39. The number of amides is 1. The van der Waals surface area contributed by atoms with E-state index in [1.807, 2.05) is 6.07 Å². The standard InChI is InChI=1S/C24H25FN2O3/c25-17-5-7-21-20(12-17)22(24(29)26-21)23-19-6-4-15(11-16(19)14-30-23)8-10-27-9-2-1-3-18(27)13-28/h4-7,11-12,18,28H,1-3,8-10,13-14H2,(H,26,29)/b23-22+. The van der Waals surface area contributed by atoms with E-state index in [9.17, 15) is 14.3 Å². The van der Waals surface area contributed by atoms with E-state index in [4.69, 9.17) is 4.74 Å². The third kappa shape index (κ3) is 3.40. The highest BCUT2D eigenvalue weighted by molar-refractivity contribution is 6.36. The van der Waals surface area contributed by atoms with Crippen LogP contribution in [0.2, 0.25) is 0 Å². The molecule has 3 aliphatic heterocycles. The molecule has 6 heteroatoms. The van der Waals surface area contributed by atoms with Gasteiger partial charge in [0.05, 0.1) is 12.2 Å². The summed E-state index contributed by atoms with van der Waals surface area (Å²) in [7, 11) is 0. The summed E-state index contributed by atoms with van der Waals surface area (Å²) in [6.07, 6.45) is 4.35. The summed E-state index contributed by atoms with van der Waals surface area (Å²) in [6.45, 7) is 2.59. The van der Waals surface area contributed by atoms with Crippen LogP contribution in [0.25, 0.3) is 11.3 Å². The predicted octanol–water partition coefficient (Wildman–Crippen LogP) is 3.57. The van der Waals surface area contributed by atoms with Crippen LogP contribution in [-0.2, 0) is 22.6 Å². The molecule has 3 aliphatic rings. The van der Waals surface area contributed by atoms with Gasteiger partial charge in [0.15, 0.2) is 0 Å². The first-order valence-corrected chi connectivity index (χ1v) is 10.6. The van der Waals surface area contributed by atoms with Gasteiger partial charge in [0.1, 0.15) is 18.2 Å². The summed E-state index contributed by atoms with van der Waals surface area (Å²) in [4.78, 5) is 14.9. The Balaban J connectivity index is 1.39. The molecule has 2 aromatic carbocycles. The molecular weight excluding hydrogens is 383 g/mol. The molecule has 0 saturated carbocycles. The molecule has 30 heavy (non-hydrogen) atoms. The Hall–Kier alpha value is -2.70. The van der Waals surface area contributed by atoms with E-state index in [0.29, 0.717) is 29.2 Å². The lowest BCUT2D eigenvalue weighted by molar-refractivity contribution is -0.110. The van der Waals surface area contributed by atoms with Crippen molar-refractivity contribution < 1.29 is 19.0 Å². The molecule has 2 N–H and O–H groups in total. The van der Waals surface area contributed by atoms with Gasteiger partial charge in [0.2, 0.25) is 0 Å². The van der Waals surface area contributed by atoms with Crippen molar-refractivity contribution in [3.8, 4) is 0 Å². The van der Waals surface area contributed by atoms with Crippen molar-refractivity contribution in [3.05, 3.63) is 64.5 Å². The number of fused-ring (bicyclic) bond motifs is 2. The molecule has 1 unspecified atom stereocenters. The number of benzene rings is 2. The summed E-state index contributed by atoms with van der Waals surface area (Å²) in [5.74, 6) is -0.117. The fourth-order valence-corrected chi connectivity index (χ4v) is 4.78. The minimum absolute atomic E-state index is 0.221. The van der Waals surface area contributed by atoms with Crippen LogP contribution in [0.4, 0.5) is 10.1 Å². The summed E-state index contributed by atoms with van der Waals surface area (Å²) in [5, 5.41) is 12.4. The van der Waals surface area contributed by atoms with Crippen LogP contribution in [0, 0.1) is 5.82 Å². The lowest BCUT2D eigenvalue weighted by atomic mass is 9.97. The second kappa shape index (κ2) is 7.85. The average molecular weight is 408 g/mol. The maximum absolute atomic E-state index is 13.8. The number of rotatable bonds is 4. The summed E-state index contributed by atoms with van der Waals surface area (Å²) in [6, 6.07) is 10.8. The Morgan fingerprint density at radius 2 is 2.07 bits per heavy atom. The van der Waals surface area contributed by atoms with E-state index in [1.54, 1.807) is 6.07 Å². The Kier molecular flexibility index (Phi) is 5.05. The number of ether oxygens (including phenoxy) is 1.